The third kappa shape index (κ3) is 3.81. The SMILES string of the molecule is Cn1c(CCCC(=O)N2CC[C@@H](n3cnc4c(N)nc(N)nc43)[C@](C)(O)C2)nc2ccccc21. The van der Waals surface area contributed by atoms with Crippen LogP contribution in [0.2, 0.25) is 0 Å². The number of nitrogen functional groups attached to an aromatic ring is 2. The van der Waals surface area contributed by atoms with Crippen molar-refractivity contribution in [1.82, 2.24) is 34.0 Å². The molecule has 2 atom stereocenters. The molecule has 1 aromatic carbocycles. The number of piperidine rings is 1. The minimum absolute atomic E-state index is 0.0313. The van der Waals surface area contributed by atoms with Crippen molar-refractivity contribution in [3.63, 3.8) is 0 Å². The van der Waals surface area contributed by atoms with Crippen molar-refractivity contribution in [2.75, 3.05) is 24.6 Å². The zero-order valence-electron chi connectivity index (χ0n) is 19.3. The molecule has 4 aromatic rings. The summed E-state index contributed by atoms with van der Waals surface area (Å²) in [6, 6.07) is 7.68. The Hall–Kier alpha value is -3.73. The highest BCUT2D eigenvalue weighted by Crippen LogP contribution is 2.34. The molecule has 5 N–H and O–H groups in total. The van der Waals surface area contributed by atoms with Gasteiger partial charge in [0.05, 0.1) is 29.9 Å². The number of rotatable bonds is 5. The number of aryl methyl sites for hydroxylation is 2. The summed E-state index contributed by atoms with van der Waals surface area (Å²) < 4.78 is 3.87. The first-order chi connectivity index (χ1) is 16.2. The number of aromatic nitrogens is 6. The molecule has 1 amide bonds. The van der Waals surface area contributed by atoms with E-state index in [0.29, 0.717) is 43.4 Å². The van der Waals surface area contributed by atoms with Crippen LogP contribution in [-0.2, 0) is 18.3 Å². The molecule has 0 saturated carbocycles. The maximum atomic E-state index is 12.9. The summed E-state index contributed by atoms with van der Waals surface area (Å²) in [6.07, 6.45) is 3.96. The minimum Gasteiger partial charge on any atom is -0.386 e. The van der Waals surface area contributed by atoms with Gasteiger partial charge in [0, 0.05) is 26.4 Å². The van der Waals surface area contributed by atoms with Crippen LogP contribution in [0.25, 0.3) is 22.2 Å². The van der Waals surface area contributed by atoms with E-state index in [0.717, 1.165) is 16.9 Å². The van der Waals surface area contributed by atoms with Crippen LogP contribution in [0.3, 0.4) is 0 Å². The second-order valence-corrected chi connectivity index (χ2v) is 9.20. The quantitative estimate of drug-likeness (QED) is 0.401. The fourth-order valence-electron chi connectivity index (χ4n) is 4.97. The molecule has 0 aliphatic carbocycles. The van der Waals surface area contributed by atoms with E-state index in [4.69, 9.17) is 11.5 Å². The summed E-state index contributed by atoms with van der Waals surface area (Å²) in [7, 11) is 2.00. The zero-order valence-corrected chi connectivity index (χ0v) is 19.3. The number of benzene rings is 1. The molecule has 1 saturated heterocycles. The first-order valence-corrected chi connectivity index (χ1v) is 11.4. The molecule has 1 aliphatic heterocycles. The largest absolute Gasteiger partial charge is 0.386 e. The van der Waals surface area contributed by atoms with Gasteiger partial charge in [-0.05, 0) is 31.9 Å². The standard InChI is InChI=1S/C23H29N9O2/c1-23(34)12-31(11-10-16(23)32-13-26-19-20(24)28-22(25)29-21(19)32)18(33)9-5-8-17-27-14-6-3-4-7-15(14)30(17)2/h3-4,6-7,13,16,34H,5,8-12H2,1-2H3,(H4,24,25,28,29)/t16-,23-/m1/s1. The number of hydrogen-bond donors (Lipinski definition) is 3. The minimum atomic E-state index is -1.17. The number of nitrogens with zero attached hydrogens (tertiary/aromatic N) is 7. The van der Waals surface area contributed by atoms with E-state index >= 15 is 0 Å². The summed E-state index contributed by atoms with van der Waals surface area (Å²) in [6.45, 7) is 2.48. The fourth-order valence-corrected chi connectivity index (χ4v) is 4.97. The molecule has 1 aliphatic rings. The monoisotopic (exact) mass is 463 g/mol. The average Bonchev–Trinajstić information content (AvgIpc) is 3.34. The Morgan fingerprint density at radius 1 is 1.24 bits per heavy atom. The van der Waals surface area contributed by atoms with Crippen LogP contribution in [0, 0.1) is 0 Å². The average molecular weight is 464 g/mol. The van der Waals surface area contributed by atoms with E-state index in [9.17, 15) is 9.90 Å². The van der Waals surface area contributed by atoms with Gasteiger partial charge in [-0.2, -0.15) is 9.97 Å². The number of anilines is 2. The highest BCUT2D eigenvalue weighted by Gasteiger charge is 2.41. The maximum absolute atomic E-state index is 12.9. The van der Waals surface area contributed by atoms with Crippen molar-refractivity contribution in [3.8, 4) is 0 Å². The van der Waals surface area contributed by atoms with Crippen molar-refractivity contribution in [3.05, 3.63) is 36.4 Å². The normalized spacial score (nSPS) is 20.9. The smallest absolute Gasteiger partial charge is 0.224 e. The summed E-state index contributed by atoms with van der Waals surface area (Å²) in [5.74, 6) is 1.25. The zero-order chi connectivity index (χ0) is 24.0. The van der Waals surface area contributed by atoms with E-state index in [2.05, 4.69) is 24.5 Å². The van der Waals surface area contributed by atoms with E-state index in [1.807, 2.05) is 31.3 Å². The lowest BCUT2D eigenvalue weighted by molar-refractivity contribution is -0.140. The van der Waals surface area contributed by atoms with Crippen LogP contribution >= 0.6 is 0 Å². The third-order valence-corrected chi connectivity index (χ3v) is 6.73. The third-order valence-electron chi connectivity index (χ3n) is 6.73. The Bertz CT molecular complexity index is 1370. The first kappa shape index (κ1) is 22.1. The maximum Gasteiger partial charge on any atom is 0.224 e. The van der Waals surface area contributed by atoms with Crippen LogP contribution < -0.4 is 11.5 Å². The number of nitrogens with two attached hydrogens (primary N) is 2. The molecule has 3 aromatic heterocycles. The number of hydrogen-bond acceptors (Lipinski definition) is 8. The number of fused-ring (bicyclic) bond motifs is 2. The van der Waals surface area contributed by atoms with Crippen LogP contribution in [-0.4, -0.2) is 63.7 Å². The molecule has 4 heterocycles. The van der Waals surface area contributed by atoms with E-state index in [-0.39, 0.29) is 30.3 Å². The van der Waals surface area contributed by atoms with E-state index in [1.54, 1.807) is 22.7 Å². The number of carbonyl (C=O) groups excluding carboxylic acids is 1. The Morgan fingerprint density at radius 2 is 2.03 bits per heavy atom. The lowest BCUT2D eigenvalue weighted by Gasteiger charge is -2.43. The second-order valence-electron chi connectivity index (χ2n) is 9.20. The van der Waals surface area contributed by atoms with Gasteiger partial charge in [0.15, 0.2) is 11.5 Å². The topological polar surface area (TPSA) is 154 Å². The predicted molar refractivity (Wildman–Crippen MR) is 129 cm³/mol. The van der Waals surface area contributed by atoms with Gasteiger partial charge >= 0.3 is 0 Å². The van der Waals surface area contributed by atoms with Crippen LogP contribution in [0.4, 0.5) is 11.8 Å². The number of β-amino-alcohol motifs (C(OH)–C–C–N with tert-alkyl or cyclic N) is 1. The Balaban J connectivity index is 1.24. The van der Waals surface area contributed by atoms with Gasteiger partial charge in [0.1, 0.15) is 16.9 Å². The van der Waals surface area contributed by atoms with Gasteiger partial charge in [-0.3, -0.25) is 4.79 Å². The molecule has 11 heteroatoms. The van der Waals surface area contributed by atoms with Crippen LogP contribution in [0.1, 0.15) is 38.1 Å². The molecular formula is C23H29N9O2. The Morgan fingerprint density at radius 3 is 2.79 bits per heavy atom. The van der Waals surface area contributed by atoms with Crippen LogP contribution in [0.5, 0.6) is 0 Å². The molecule has 34 heavy (non-hydrogen) atoms. The molecule has 11 nitrogen and oxygen atoms in total. The van der Waals surface area contributed by atoms with Gasteiger partial charge in [-0.15, -0.1) is 0 Å². The second kappa shape index (κ2) is 8.24. The lowest BCUT2D eigenvalue weighted by Crippen LogP contribution is -2.54. The summed E-state index contributed by atoms with van der Waals surface area (Å²) in [5.41, 5.74) is 13.5. The predicted octanol–water partition coefficient (Wildman–Crippen LogP) is 1.42. The van der Waals surface area contributed by atoms with E-state index < -0.39 is 5.60 Å². The van der Waals surface area contributed by atoms with Crippen molar-refractivity contribution < 1.29 is 9.90 Å². The van der Waals surface area contributed by atoms with Crippen molar-refractivity contribution >= 4 is 39.9 Å². The molecule has 0 radical (unpaired) electrons. The van der Waals surface area contributed by atoms with E-state index in [1.165, 1.54) is 0 Å². The number of likely N-dealkylation sites (tertiary alicyclic amines) is 1. The number of aliphatic hydroxyl groups is 1. The fraction of sp³-hybridized carbons (Fsp3) is 0.435. The molecule has 5 rings (SSSR count). The summed E-state index contributed by atoms with van der Waals surface area (Å²) in [5, 5.41) is 11.3. The molecule has 178 valence electrons. The molecule has 0 spiro atoms. The summed E-state index contributed by atoms with van der Waals surface area (Å²) in [4.78, 5) is 31.9. The van der Waals surface area contributed by atoms with Crippen molar-refractivity contribution in [2.45, 2.75) is 44.2 Å². The van der Waals surface area contributed by atoms with Crippen molar-refractivity contribution in [1.29, 1.82) is 0 Å². The number of amides is 1. The Kier molecular flexibility index (Phi) is 5.35. The van der Waals surface area contributed by atoms with Gasteiger partial charge in [0.25, 0.3) is 0 Å². The van der Waals surface area contributed by atoms with Gasteiger partial charge in [0.2, 0.25) is 11.9 Å². The lowest BCUT2D eigenvalue weighted by atomic mass is 9.88. The molecule has 1 fully saturated rings. The molecule has 0 bridgehead atoms. The van der Waals surface area contributed by atoms with Crippen molar-refractivity contribution in [2.24, 2.45) is 7.05 Å². The first-order valence-electron chi connectivity index (χ1n) is 11.4. The van der Waals surface area contributed by atoms with Crippen LogP contribution in [0.15, 0.2) is 30.6 Å². The summed E-state index contributed by atoms with van der Waals surface area (Å²) >= 11 is 0. The number of carbonyl (C=O) groups is 1. The number of para-hydroxylation sites is 2. The highest BCUT2D eigenvalue weighted by molar-refractivity contribution is 5.83. The van der Waals surface area contributed by atoms with Gasteiger partial charge < -0.3 is 30.6 Å². The molecular weight excluding hydrogens is 434 g/mol. The molecule has 0 unspecified atom stereocenters. The van der Waals surface area contributed by atoms with Gasteiger partial charge in [-0.1, -0.05) is 12.1 Å². The number of imidazole rings is 2. The highest BCUT2D eigenvalue weighted by atomic mass is 16.3. The van der Waals surface area contributed by atoms with Gasteiger partial charge in [-0.25, -0.2) is 9.97 Å². The Labute approximate surface area is 196 Å².